The van der Waals surface area contributed by atoms with Gasteiger partial charge in [0.1, 0.15) is 73.2 Å². The highest BCUT2D eigenvalue weighted by Crippen LogP contribution is 2.70. The van der Waals surface area contributed by atoms with Crippen molar-refractivity contribution in [2.24, 2.45) is 46.3 Å². The Balaban J connectivity index is 0.838. The fraction of sp³-hybridized carbons (Fsp3) is 0.956. The second-order valence-electron chi connectivity index (χ2n) is 20.9. The Kier molecular flexibility index (Phi) is 14.2. The number of hydrogen-bond acceptors (Lipinski definition) is 17. The molecule has 62 heavy (non-hydrogen) atoms. The molecule has 25 atom stereocenters. The summed E-state index contributed by atoms with van der Waals surface area (Å²) in [4.78, 5) is 0. The van der Waals surface area contributed by atoms with Crippen LogP contribution in [0.15, 0.2) is 11.3 Å². The first-order valence-corrected chi connectivity index (χ1v) is 23.3. The van der Waals surface area contributed by atoms with E-state index in [0.29, 0.717) is 29.6 Å². The summed E-state index contributed by atoms with van der Waals surface area (Å²) in [6.45, 7) is 10.0. The van der Waals surface area contributed by atoms with Crippen molar-refractivity contribution in [3.63, 3.8) is 0 Å². The van der Waals surface area contributed by atoms with E-state index in [4.69, 9.17) is 33.2 Å². The van der Waals surface area contributed by atoms with Gasteiger partial charge in [-0.05, 0) is 118 Å². The minimum Gasteiger partial charge on any atom is -0.494 e. The van der Waals surface area contributed by atoms with Crippen LogP contribution in [0.25, 0.3) is 0 Å². The van der Waals surface area contributed by atoms with Crippen LogP contribution in [0.4, 0.5) is 0 Å². The summed E-state index contributed by atoms with van der Waals surface area (Å²) in [5, 5.41) is 103. The molecule has 0 amide bonds. The monoisotopic (exact) mass is 886 g/mol. The maximum atomic E-state index is 11.2. The van der Waals surface area contributed by atoms with Crippen LogP contribution in [0.3, 0.4) is 0 Å². The summed E-state index contributed by atoms with van der Waals surface area (Å²) < 4.78 is 41.9. The quantitative estimate of drug-likeness (QED) is 0.117. The summed E-state index contributed by atoms with van der Waals surface area (Å²) in [5.74, 6) is 3.75. The van der Waals surface area contributed by atoms with Crippen LogP contribution in [0.1, 0.15) is 98.8 Å². The average molecular weight is 887 g/mol. The summed E-state index contributed by atoms with van der Waals surface area (Å²) in [5.41, 5.74) is 1.66. The van der Waals surface area contributed by atoms with Gasteiger partial charge >= 0.3 is 0 Å². The van der Waals surface area contributed by atoms with Gasteiger partial charge in [0.05, 0.1) is 37.8 Å². The van der Waals surface area contributed by atoms with E-state index in [1.54, 1.807) is 0 Å². The topological polar surface area (TPSA) is 267 Å². The first-order chi connectivity index (χ1) is 29.4. The number of aliphatic hydroxyl groups is 10. The largest absolute Gasteiger partial charge is 0.494 e. The van der Waals surface area contributed by atoms with Crippen LogP contribution in [0.2, 0.25) is 0 Å². The van der Waals surface area contributed by atoms with E-state index in [2.05, 4.69) is 27.7 Å². The third-order valence-electron chi connectivity index (χ3n) is 17.3. The molecule has 0 bridgehead atoms. The van der Waals surface area contributed by atoms with Crippen molar-refractivity contribution in [1.29, 1.82) is 0 Å². The van der Waals surface area contributed by atoms with Crippen LogP contribution < -0.4 is 0 Å². The smallest absolute Gasteiger partial charge is 0.187 e. The van der Waals surface area contributed by atoms with Gasteiger partial charge in [0.15, 0.2) is 18.9 Å². The number of aliphatic hydroxyl groups excluding tert-OH is 10. The standard InChI is InChI=1S/C45H74O17/c1-19(18-56-41-37(53)35(51)33(49)29(16-46)60-41)6-9-27-20(2)31-28(59-27)15-26-24-8-7-22-14-23(10-12-44(22,4)25(24)11-13-45(26,31)5)58-43-39(55)36(52)40(30(17-47)61-43)62-42-38(54)34(50)32(48)21(3)57-42/h19,21-26,28-43,46-55H,6-18H2,1-5H3. The van der Waals surface area contributed by atoms with Crippen molar-refractivity contribution in [2.45, 2.75) is 203 Å². The van der Waals surface area contributed by atoms with Crippen molar-refractivity contribution < 1.29 is 84.2 Å². The molecule has 356 valence electrons. The first-order valence-electron chi connectivity index (χ1n) is 23.3. The van der Waals surface area contributed by atoms with Gasteiger partial charge in [0.25, 0.3) is 0 Å². The molecule has 7 fully saturated rings. The molecular formula is C45H74O17. The lowest BCUT2D eigenvalue weighted by molar-refractivity contribution is -0.361. The number of rotatable bonds is 12. The van der Waals surface area contributed by atoms with Crippen molar-refractivity contribution in [1.82, 2.24) is 0 Å². The van der Waals surface area contributed by atoms with Gasteiger partial charge in [-0.3, -0.25) is 0 Å². The SMILES string of the molecule is CC1=C(CCC(C)COC2OC(CO)C(O)C(O)C2O)OC2CC3C4CCC5CC(OC6OC(CO)C(OC7OC(C)C(O)C(O)C7O)C(O)C6O)CCC5(C)C4CCC3(C)C12. The highest BCUT2D eigenvalue weighted by Gasteiger charge is 2.65. The molecule has 4 aliphatic carbocycles. The van der Waals surface area contributed by atoms with Gasteiger partial charge in [-0.2, -0.15) is 0 Å². The number of ether oxygens (including phenoxy) is 7. The molecule has 17 heteroatoms. The predicted molar refractivity (Wildman–Crippen MR) is 216 cm³/mol. The second-order valence-corrected chi connectivity index (χ2v) is 20.9. The number of allylic oxidation sites excluding steroid dienone is 1. The van der Waals surface area contributed by atoms with Gasteiger partial charge in [-0.25, -0.2) is 0 Å². The molecule has 0 spiro atoms. The fourth-order valence-corrected chi connectivity index (χ4v) is 13.7. The summed E-state index contributed by atoms with van der Waals surface area (Å²) >= 11 is 0. The van der Waals surface area contributed by atoms with Crippen molar-refractivity contribution in [3.05, 3.63) is 11.3 Å². The minimum atomic E-state index is -1.63. The van der Waals surface area contributed by atoms with Gasteiger partial charge in [0, 0.05) is 12.3 Å². The fourth-order valence-electron chi connectivity index (χ4n) is 13.7. The lowest BCUT2D eigenvalue weighted by Gasteiger charge is -2.61. The highest BCUT2D eigenvalue weighted by molar-refractivity contribution is 5.26. The molecule has 8 aliphatic rings. The lowest BCUT2D eigenvalue weighted by Crippen LogP contribution is -2.64. The maximum Gasteiger partial charge on any atom is 0.187 e. The van der Waals surface area contributed by atoms with Crippen LogP contribution in [-0.2, 0) is 33.2 Å². The van der Waals surface area contributed by atoms with Gasteiger partial charge in [-0.15, -0.1) is 0 Å². The molecule has 0 aromatic heterocycles. The van der Waals surface area contributed by atoms with Crippen molar-refractivity contribution in [3.8, 4) is 0 Å². The molecule has 10 N–H and O–H groups in total. The van der Waals surface area contributed by atoms with E-state index in [-0.39, 0.29) is 35.6 Å². The Labute approximate surface area is 364 Å². The summed E-state index contributed by atoms with van der Waals surface area (Å²) in [6, 6.07) is 0. The van der Waals surface area contributed by atoms with E-state index in [0.717, 1.165) is 63.5 Å². The maximum absolute atomic E-state index is 11.2. The molecule has 4 heterocycles. The lowest BCUT2D eigenvalue weighted by atomic mass is 9.44. The third-order valence-corrected chi connectivity index (χ3v) is 17.3. The van der Waals surface area contributed by atoms with E-state index in [9.17, 15) is 51.1 Å². The molecule has 25 unspecified atom stereocenters. The molecule has 0 aromatic rings. The van der Waals surface area contributed by atoms with Crippen molar-refractivity contribution >= 4 is 0 Å². The summed E-state index contributed by atoms with van der Waals surface area (Å²) in [6.07, 6.45) is -10.3. The zero-order valence-corrected chi connectivity index (χ0v) is 36.8. The Bertz CT molecular complexity index is 1570. The average Bonchev–Trinajstić information content (AvgIpc) is 3.74. The van der Waals surface area contributed by atoms with E-state index < -0.39 is 105 Å². The molecular weight excluding hydrogens is 812 g/mol. The molecule has 4 saturated carbocycles. The van der Waals surface area contributed by atoms with Gasteiger partial charge in [0.2, 0.25) is 0 Å². The van der Waals surface area contributed by atoms with Crippen LogP contribution in [0, 0.1) is 46.3 Å². The zero-order chi connectivity index (χ0) is 44.6. The molecule has 0 aromatic carbocycles. The number of fused-ring (bicyclic) bond motifs is 7. The first kappa shape index (κ1) is 47.4. The molecule has 17 nitrogen and oxygen atoms in total. The van der Waals surface area contributed by atoms with E-state index in [1.165, 1.54) is 18.9 Å². The Morgan fingerprint density at radius 2 is 1.32 bits per heavy atom. The van der Waals surface area contributed by atoms with Crippen LogP contribution in [-0.4, -0.2) is 175 Å². The van der Waals surface area contributed by atoms with E-state index >= 15 is 0 Å². The van der Waals surface area contributed by atoms with Crippen LogP contribution >= 0.6 is 0 Å². The minimum absolute atomic E-state index is 0.105. The van der Waals surface area contributed by atoms with Crippen molar-refractivity contribution in [2.75, 3.05) is 19.8 Å². The Hall–Kier alpha value is -1.10. The van der Waals surface area contributed by atoms with Gasteiger partial charge < -0.3 is 84.2 Å². The van der Waals surface area contributed by atoms with E-state index in [1.807, 2.05) is 0 Å². The van der Waals surface area contributed by atoms with Crippen LogP contribution in [0.5, 0.6) is 0 Å². The normalized spacial score (nSPS) is 53.3. The third kappa shape index (κ3) is 8.34. The Morgan fingerprint density at radius 1 is 0.677 bits per heavy atom. The highest BCUT2D eigenvalue weighted by atomic mass is 16.7. The molecule has 0 radical (unpaired) electrons. The molecule has 8 rings (SSSR count). The zero-order valence-electron chi connectivity index (χ0n) is 36.8. The summed E-state index contributed by atoms with van der Waals surface area (Å²) in [7, 11) is 0. The molecule has 4 aliphatic heterocycles. The Morgan fingerprint density at radius 3 is 2.05 bits per heavy atom. The molecule has 3 saturated heterocycles. The second kappa shape index (κ2) is 18.5. The number of hydrogen-bond donors (Lipinski definition) is 10. The predicted octanol–water partition coefficient (Wildman–Crippen LogP) is 0.198. The van der Waals surface area contributed by atoms with Gasteiger partial charge in [-0.1, -0.05) is 20.8 Å².